The molecule has 0 heterocycles. The third-order valence-corrected chi connectivity index (χ3v) is 1.38. The smallest absolute Gasteiger partial charge is 0.302 e. The van der Waals surface area contributed by atoms with E-state index in [0.29, 0.717) is 6.42 Å². The number of hydrogen-bond acceptors (Lipinski definition) is 3. The number of hydrogen-bond donors (Lipinski definition) is 1. The summed E-state index contributed by atoms with van der Waals surface area (Å²) >= 11 is 5.32. The Balaban J connectivity index is 3.08. The Morgan fingerprint density at radius 3 is 2.91 bits per heavy atom. The normalized spacial score (nSPS) is 12.6. The molecule has 0 rings (SSSR count). The predicted molar refractivity (Wildman–Crippen MR) is 42.3 cm³/mol. The summed E-state index contributed by atoms with van der Waals surface area (Å²) in [5.74, 6) is -0.113. The Morgan fingerprint density at radius 1 is 1.82 bits per heavy atom. The number of carbonyl (C=O) groups excluding carboxylic acids is 1. The van der Waals surface area contributed by atoms with E-state index in [1.807, 2.05) is 0 Å². The first kappa shape index (κ1) is 10.7. The molecule has 0 fully saturated rings. The van der Waals surface area contributed by atoms with E-state index in [2.05, 4.69) is 4.74 Å². The zero-order valence-electron chi connectivity index (χ0n) is 6.42. The fourth-order valence-electron chi connectivity index (χ4n) is 0.500. The Hall–Kier alpha value is -0.280. The van der Waals surface area contributed by atoms with Crippen LogP contribution in [0.1, 0.15) is 13.3 Å². The van der Waals surface area contributed by atoms with Gasteiger partial charge in [-0.1, -0.05) is 0 Å². The fourth-order valence-corrected chi connectivity index (χ4v) is 0.626. The number of rotatable bonds is 5. The molecule has 0 bridgehead atoms. The molecular weight excluding hydrogens is 168 g/mol. The highest BCUT2D eigenvalue weighted by Gasteiger charge is 2.01. The van der Waals surface area contributed by atoms with E-state index in [1.165, 1.54) is 6.92 Å². The van der Waals surface area contributed by atoms with E-state index in [-0.39, 0.29) is 18.5 Å². The largest absolute Gasteiger partial charge is 0.466 e. The van der Waals surface area contributed by atoms with E-state index >= 15 is 0 Å². The van der Waals surface area contributed by atoms with Crippen LogP contribution < -0.4 is 0 Å². The van der Waals surface area contributed by atoms with Crippen LogP contribution in [0.15, 0.2) is 0 Å². The monoisotopic (exact) mass is 179 g/mol. The lowest BCUT2D eigenvalue weighted by Crippen LogP contribution is -2.10. The molecule has 11 heavy (non-hydrogen) atoms. The number of halogens is 1. The summed E-state index contributed by atoms with van der Waals surface area (Å²) < 4.78 is 4.59. The summed E-state index contributed by atoms with van der Waals surface area (Å²) in [5, 5.41) is 8.92. The van der Waals surface area contributed by atoms with Crippen LogP contribution in [0, 0.1) is 6.42 Å². The van der Waals surface area contributed by atoms with Crippen LogP contribution in [0.5, 0.6) is 0 Å². The van der Waals surface area contributed by atoms with Gasteiger partial charge in [0.15, 0.2) is 0 Å². The van der Waals surface area contributed by atoms with Crippen molar-refractivity contribution in [3.05, 3.63) is 6.42 Å². The lowest BCUT2D eigenvalue weighted by Gasteiger charge is -2.05. The lowest BCUT2D eigenvalue weighted by atomic mass is 10.2. The van der Waals surface area contributed by atoms with Crippen LogP contribution in [0.3, 0.4) is 0 Å². The third-order valence-electron chi connectivity index (χ3n) is 1.02. The van der Waals surface area contributed by atoms with Gasteiger partial charge in [0, 0.05) is 19.2 Å². The molecule has 0 saturated carbocycles. The Morgan fingerprint density at radius 2 is 2.45 bits per heavy atom. The van der Waals surface area contributed by atoms with Crippen LogP contribution in [-0.2, 0) is 9.53 Å². The lowest BCUT2D eigenvalue weighted by molar-refractivity contribution is -0.140. The van der Waals surface area contributed by atoms with Gasteiger partial charge < -0.3 is 9.84 Å². The number of ether oxygens (including phenoxy) is 1. The fraction of sp³-hybridized carbons (Fsp3) is 0.714. The molecule has 1 atom stereocenters. The van der Waals surface area contributed by atoms with Gasteiger partial charge in [-0.05, 0) is 6.42 Å². The first-order valence-corrected chi connectivity index (χ1v) is 3.89. The molecule has 65 valence electrons. The molecule has 3 nitrogen and oxygen atoms in total. The van der Waals surface area contributed by atoms with Crippen LogP contribution >= 0.6 is 11.6 Å². The topological polar surface area (TPSA) is 46.5 Å². The van der Waals surface area contributed by atoms with Crippen molar-refractivity contribution >= 4 is 17.6 Å². The van der Waals surface area contributed by atoms with Crippen LogP contribution in [-0.4, -0.2) is 29.7 Å². The molecule has 0 aromatic rings. The summed E-state index contributed by atoms with van der Waals surface area (Å²) in [6.07, 6.45) is 1.60. The second-order valence-corrected chi connectivity index (χ2v) is 2.44. The first-order valence-electron chi connectivity index (χ1n) is 3.36. The van der Waals surface area contributed by atoms with Crippen molar-refractivity contribution in [3.8, 4) is 0 Å². The number of aliphatic hydroxyl groups is 1. The number of alkyl halides is 1. The van der Waals surface area contributed by atoms with Gasteiger partial charge in [-0.3, -0.25) is 4.79 Å². The van der Waals surface area contributed by atoms with E-state index in [4.69, 9.17) is 16.7 Å². The van der Waals surface area contributed by atoms with E-state index in [1.54, 1.807) is 6.42 Å². The molecule has 4 heteroatoms. The van der Waals surface area contributed by atoms with Crippen molar-refractivity contribution in [2.75, 3.05) is 12.5 Å². The minimum absolute atomic E-state index is 0.205. The van der Waals surface area contributed by atoms with Crippen molar-refractivity contribution in [2.24, 2.45) is 0 Å². The van der Waals surface area contributed by atoms with E-state index in [0.717, 1.165) is 0 Å². The highest BCUT2D eigenvalue weighted by molar-refractivity contribution is 6.18. The van der Waals surface area contributed by atoms with Crippen molar-refractivity contribution < 1.29 is 14.6 Å². The Kier molecular flexibility index (Phi) is 6.27. The van der Waals surface area contributed by atoms with Gasteiger partial charge in [-0.15, -0.1) is 11.6 Å². The number of aliphatic hydroxyl groups excluding tert-OH is 1. The van der Waals surface area contributed by atoms with Crippen molar-refractivity contribution in [3.63, 3.8) is 0 Å². The summed E-state index contributed by atoms with van der Waals surface area (Å²) in [5.41, 5.74) is 0. The molecule has 0 aliphatic carbocycles. The maximum atomic E-state index is 10.2. The van der Waals surface area contributed by atoms with E-state index in [9.17, 15) is 4.79 Å². The maximum Gasteiger partial charge on any atom is 0.302 e. The number of esters is 1. The SMILES string of the molecule is CC(=O)OC[CH]CC(O)CCl. The quantitative estimate of drug-likeness (QED) is 0.385. The molecular formula is C7H12ClO3. The predicted octanol–water partition coefficient (Wildman–Crippen LogP) is 0.744. The maximum absolute atomic E-state index is 10.2. The van der Waals surface area contributed by atoms with Crippen molar-refractivity contribution in [2.45, 2.75) is 19.4 Å². The molecule has 0 aromatic heterocycles. The molecule has 0 spiro atoms. The average Bonchev–Trinajstić information content (AvgIpc) is 1.97. The van der Waals surface area contributed by atoms with Gasteiger partial charge in [-0.25, -0.2) is 0 Å². The number of carbonyl (C=O) groups is 1. The molecule has 0 aromatic carbocycles. The molecule has 1 radical (unpaired) electrons. The van der Waals surface area contributed by atoms with Gasteiger partial charge in [0.05, 0.1) is 12.7 Å². The summed E-state index contributed by atoms with van der Waals surface area (Å²) in [7, 11) is 0. The van der Waals surface area contributed by atoms with Crippen molar-refractivity contribution in [1.29, 1.82) is 0 Å². The molecule has 0 aliphatic rings. The summed E-state index contributed by atoms with van der Waals surface area (Å²) in [6.45, 7) is 1.58. The van der Waals surface area contributed by atoms with Crippen LogP contribution in [0.4, 0.5) is 0 Å². The second-order valence-electron chi connectivity index (χ2n) is 2.14. The van der Waals surface area contributed by atoms with Gasteiger partial charge in [0.25, 0.3) is 0 Å². The molecule has 0 amide bonds. The average molecular weight is 180 g/mol. The van der Waals surface area contributed by atoms with Gasteiger partial charge >= 0.3 is 5.97 Å². The molecule has 0 saturated heterocycles. The van der Waals surface area contributed by atoms with Gasteiger partial charge in [-0.2, -0.15) is 0 Å². The molecule has 0 aliphatic heterocycles. The standard InChI is InChI=1S/C7H12ClO3/c1-6(9)11-4-2-3-7(10)5-8/h2,7,10H,3-5H2,1H3. The Bertz CT molecular complexity index is 116. The van der Waals surface area contributed by atoms with Gasteiger partial charge in [0.1, 0.15) is 0 Å². The molecule has 1 N–H and O–H groups in total. The first-order chi connectivity index (χ1) is 5.16. The third kappa shape index (κ3) is 7.62. The summed E-state index contributed by atoms with van der Waals surface area (Å²) in [6, 6.07) is 0. The van der Waals surface area contributed by atoms with Gasteiger partial charge in [0.2, 0.25) is 0 Å². The highest BCUT2D eigenvalue weighted by Crippen LogP contribution is 1.98. The highest BCUT2D eigenvalue weighted by atomic mass is 35.5. The summed E-state index contributed by atoms with van der Waals surface area (Å²) in [4.78, 5) is 10.2. The van der Waals surface area contributed by atoms with Crippen LogP contribution in [0.2, 0.25) is 0 Å². The van der Waals surface area contributed by atoms with Crippen molar-refractivity contribution in [1.82, 2.24) is 0 Å². The van der Waals surface area contributed by atoms with E-state index < -0.39 is 6.10 Å². The minimum atomic E-state index is -0.535. The zero-order chi connectivity index (χ0) is 8.69. The zero-order valence-corrected chi connectivity index (χ0v) is 7.17. The minimum Gasteiger partial charge on any atom is -0.466 e. The molecule has 1 unspecified atom stereocenters. The van der Waals surface area contributed by atoms with Crippen LogP contribution in [0.25, 0.3) is 0 Å². The Labute approximate surface area is 71.3 Å². The second kappa shape index (κ2) is 6.43.